The summed E-state index contributed by atoms with van der Waals surface area (Å²) >= 11 is 0. The molecule has 2 aromatic rings. The fraction of sp³-hybridized carbons (Fsp3) is 0.552. The third kappa shape index (κ3) is 5.46. The Morgan fingerprint density at radius 2 is 2.05 bits per heavy atom. The summed E-state index contributed by atoms with van der Waals surface area (Å²) in [6.07, 6.45) is 1.99. The standard InChI is InChI=1S/C29H38N8O4/c1-28(2,3)25-29(17-37(25)27(39)40)10-12-36(16-29)24-21(14-30)23(32-19-8-5-7-18(13-19)22(31)38)33-26(34-24)41-15-20-9-6-11-35(20)4/h5,7-8,13,20,25H,6,9-12,15-17H2,1-4H3,(H2,31,38)(H,39,40)(H,32,33,34)/t20?,25-,29?/m0/s1. The number of nitrogens with two attached hydrogens (primary N) is 1. The summed E-state index contributed by atoms with van der Waals surface area (Å²) in [6, 6.07) is 9.20. The second-order valence-corrected chi connectivity index (χ2v) is 12.5. The molecule has 2 amide bonds. The molecule has 0 saturated carbocycles. The van der Waals surface area contributed by atoms with Crippen LogP contribution >= 0.6 is 0 Å². The number of amides is 2. The number of nitrogens with zero attached hydrogens (tertiary/aromatic N) is 6. The van der Waals surface area contributed by atoms with Crippen LogP contribution in [0.15, 0.2) is 24.3 Å². The van der Waals surface area contributed by atoms with Gasteiger partial charge < -0.3 is 35.6 Å². The van der Waals surface area contributed by atoms with Crippen molar-refractivity contribution in [3.63, 3.8) is 0 Å². The third-order valence-corrected chi connectivity index (χ3v) is 8.60. The van der Waals surface area contributed by atoms with Gasteiger partial charge in [-0.1, -0.05) is 26.8 Å². The number of primary amides is 1. The lowest BCUT2D eigenvalue weighted by atomic mass is 9.61. The van der Waals surface area contributed by atoms with Crippen molar-refractivity contribution >= 4 is 29.3 Å². The van der Waals surface area contributed by atoms with Crippen molar-refractivity contribution in [2.75, 3.05) is 50.1 Å². The van der Waals surface area contributed by atoms with Gasteiger partial charge in [0, 0.05) is 48.4 Å². The van der Waals surface area contributed by atoms with E-state index in [-0.39, 0.29) is 40.3 Å². The van der Waals surface area contributed by atoms with Crippen LogP contribution in [0.3, 0.4) is 0 Å². The van der Waals surface area contributed by atoms with Crippen molar-refractivity contribution < 1.29 is 19.4 Å². The number of anilines is 3. The van der Waals surface area contributed by atoms with E-state index in [1.54, 1.807) is 24.3 Å². The van der Waals surface area contributed by atoms with Crippen molar-refractivity contribution in [1.82, 2.24) is 19.8 Å². The number of aromatic nitrogens is 2. The van der Waals surface area contributed by atoms with Crippen molar-refractivity contribution in [1.29, 1.82) is 5.26 Å². The van der Waals surface area contributed by atoms with Gasteiger partial charge in [0.1, 0.15) is 18.2 Å². The van der Waals surface area contributed by atoms with Crippen LogP contribution in [0, 0.1) is 22.2 Å². The van der Waals surface area contributed by atoms with Gasteiger partial charge in [0.15, 0.2) is 11.6 Å². The molecule has 0 radical (unpaired) electrons. The van der Waals surface area contributed by atoms with Gasteiger partial charge in [0.2, 0.25) is 5.91 Å². The predicted octanol–water partition coefficient (Wildman–Crippen LogP) is 3.27. The summed E-state index contributed by atoms with van der Waals surface area (Å²) in [5, 5.41) is 23.3. The lowest BCUT2D eigenvalue weighted by molar-refractivity contribution is -0.0946. The maximum absolute atomic E-state index is 12.0. The summed E-state index contributed by atoms with van der Waals surface area (Å²) in [4.78, 5) is 38.8. The Balaban J connectivity index is 1.49. The summed E-state index contributed by atoms with van der Waals surface area (Å²) < 4.78 is 6.12. The average Bonchev–Trinajstić information content (AvgIpc) is 3.52. The lowest BCUT2D eigenvalue weighted by Gasteiger charge is -2.59. The predicted molar refractivity (Wildman–Crippen MR) is 153 cm³/mol. The van der Waals surface area contributed by atoms with Crippen molar-refractivity contribution in [3.05, 3.63) is 35.4 Å². The van der Waals surface area contributed by atoms with E-state index in [4.69, 9.17) is 15.5 Å². The Kier molecular flexibility index (Phi) is 7.42. The number of ether oxygens (including phenoxy) is 1. The highest BCUT2D eigenvalue weighted by Gasteiger charge is 2.61. The zero-order chi connectivity index (χ0) is 29.5. The minimum atomic E-state index is -0.911. The zero-order valence-electron chi connectivity index (χ0n) is 24.1. The van der Waals surface area contributed by atoms with Gasteiger partial charge in [-0.3, -0.25) is 4.79 Å². The molecule has 1 spiro atoms. The van der Waals surface area contributed by atoms with E-state index in [1.807, 2.05) is 0 Å². The topological polar surface area (TPSA) is 161 Å². The summed E-state index contributed by atoms with van der Waals surface area (Å²) in [5.41, 5.74) is 6.09. The molecule has 1 aromatic heterocycles. The van der Waals surface area contributed by atoms with Gasteiger partial charge >= 0.3 is 12.1 Å². The number of rotatable bonds is 7. The molecule has 3 aliphatic rings. The molecule has 3 aliphatic heterocycles. The van der Waals surface area contributed by atoms with Crippen LogP contribution in [0.5, 0.6) is 6.01 Å². The lowest BCUT2D eigenvalue weighted by Crippen LogP contribution is -2.71. The summed E-state index contributed by atoms with van der Waals surface area (Å²) in [5.74, 6) is 0.154. The van der Waals surface area contributed by atoms with Crippen molar-refractivity contribution in [2.24, 2.45) is 16.6 Å². The number of carbonyl (C=O) groups is 2. The molecule has 2 unspecified atom stereocenters. The second-order valence-electron chi connectivity index (χ2n) is 12.5. The van der Waals surface area contributed by atoms with Crippen LogP contribution in [-0.4, -0.2) is 88.8 Å². The Morgan fingerprint density at radius 3 is 2.68 bits per heavy atom. The number of benzene rings is 1. The molecule has 41 heavy (non-hydrogen) atoms. The molecule has 5 rings (SSSR count). The first kappa shape index (κ1) is 28.4. The van der Waals surface area contributed by atoms with Gasteiger partial charge in [-0.05, 0) is 56.5 Å². The Hall–Kier alpha value is -4.11. The third-order valence-electron chi connectivity index (χ3n) is 8.60. The SMILES string of the molecule is CN1CCCC1COc1nc(Nc2cccc(C(N)=O)c2)c(C#N)c(N2CCC3(C2)CN(C(=O)O)[C@H]3C(C)(C)C)n1. The number of nitriles is 1. The minimum Gasteiger partial charge on any atom is -0.465 e. The first-order valence-electron chi connectivity index (χ1n) is 14.0. The smallest absolute Gasteiger partial charge is 0.407 e. The normalized spacial score (nSPS) is 24.3. The van der Waals surface area contributed by atoms with Crippen LogP contribution in [0.2, 0.25) is 0 Å². The van der Waals surface area contributed by atoms with Gasteiger partial charge in [-0.2, -0.15) is 15.2 Å². The molecular weight excluding hydrogens is 524 g/mol. The molecule has 4 heterocycles. The Labute approximate surface area is 240 Å². The van der Waals surface area contributed by atoms with E-state index < -0.39 is 12.0 Å². The van der Waals surface area contributed by atoms with Crippen molar-refractivity contribution in [2.45, 2.75) is 52.1 Å². The van der Waals surface area contributed by atoms with Gasteiger partial charge in [-0.15, -0.1) is 0 Å². The van der Waals surface area contributed by atoms with E-state index in [0.717, 1.165) is 25.8 Å². The van der Waals surface area contributed by atoms with Crippen LogP contribution < -0.4 is 20.7 Å². The van der Waals surface area contributed by atoms with Crippen LogP contribution in [0.25, 0.3) is 0 Å². The maximum Gasteiger partial charge on any atom is 0.407 e. The number of likely N-dealkylation sites (tertiary alicyclic amines) is 2. The van der Waals surface area contributed by atoms with E-state index in [1.165, 1.54) is 4.90 Å². The first-order valence-corrected chi connectivity index (χ1v) is 14.0. The highest BCUT2D eigenvalue weighted by Crippen LogP contribution is 2.53. The molecule has 3 atom stereocenters. The molecule has 1 aromatic carbocycles. The van der Waals surface area contributed by atoms with E-state index in [0.29, 0.717) is 43.3 Å². The molecule has 218 valence electrons. The molecule has 12 nitrogen and oxygen atoms in total. The van der Waals surface area contributed by atoms with Gasteiger partial charge in [0.05, 0.1) is 0 Å². The molecule has 0 bridgehead atoms. The molecule has 12 heteroatoms. The van der Waals surface area contributed by atoms with E-state index in [9.17, 15) is 20.0 Å². The van der Waals surface area contributed by atoms with E-state index in [2.05, 4.69) is 54.0 Å². The summed E-state index contributed by atoms with van der Waals surface area (Å²) in [6.45, 7) is 9.25. The fourth-order valence-corrected chi connectivity index (χ4v) is 6.89. The van der Waals surface area contributed by atoms with Gasteiger partial charge in [-0.25, -0.2) is 4.79 Å². The molecule has 3 saturated heterocycles. The monoisotopic (exact) mass is 562 g/mol. The number of carbonyl (C=O) groups excluding carboxylic acids is 1. The van der Waals surface area contributed by atoms with Crippen molar-refractivity contribution in [3.8, 4) is 12.1 Å². The Morgan fingerprint density at radius 1 is 1.27 bits per heavy atom. The average molecular weight is 563 g/mol. The number of hydrogen-bond donors (Lipinski definition) is 3. The molecule has 3 fully saturated rings. The molecular formula is C29H38N8O4. The van der Waals surface area contributed by atoms with E-state index >= 15 is 0 Å². The highest BCUT2D eigenvalue weighted by atomic mass is 16.5. The summed E-state index contributed by atoms with van der Waals surface area (Å²) in [7, 11) is 2.07. The molecule has 0 aliphatic carbocycles. The number of carboxylic acid groups (broad SMARTS) is 1. The highest BCUT2D eigenvalue weighted by molar-refractivity contribution is 5.94. The molecule has 4 N–H and O–H groups in total. The maximum atomic E-state index is 12.0. The largest absolute Gasteiger partial charge is 0.465 e. The van der Waals surface area contributed by atoms with Crippen LogP contribution in [0.1, 0.15) is 56.0 Å². The number of hydrogen-bond acceptors (Lipinski definition) is 9. The second kappa shape index (κ2) is 10.7. The van der Waals surface area contributed by atoms with Crippen LogP contribution in [-0.2, 0) is 0 Å². The van der Waals surface area contributed by atoms with Gasteiger partial charge in [0.25, 0.3) is 0 Å². The number of likely N-dealkylation sites (N-methyl/N-ethyl adjacent to an activating group) is 1. The first-order chi connectivity index (χ1) is 19.4. The zero-order valence-corrected chi connectivity index (χ0v) is 24.1. The van der Waals surface area contributed by atoms with Crippen LogP contribution in [0.4, 0.5) is 22.1 Å². The number of nitrogens with one attached hydrogen (secondary N) is 1. The fourth-order valence-electron chi connectivity index (χ4n) is 6.89. The minimum absolute atomic E-state index is 0.155. The quantitative estimate of drug-likeness (QED) is 0.457. The Bertz CT molecular complexity index is 1390.